The molecule has 4 aromatic rings. The number of hydrogen-bond donors (Lipinski definition) is 2. The Kier molecular flexibility index (Phi) is 4.62. The number of carbonyl (C=O) groups is 1. The molecule has 0 fully saturated rings. The molecule has 2 aromatic carbocycles. The SMILES string of the molecule is Nc1ncc(C(=O)Nc2ccccc2)c(Oc2ccc(-n3cncn3)cc2)n1. The van der Waals surface area contributed by atoms with Crippen LogP contribution in [0.1, 0.15) is 10.4 Å². The zero-order chi connectivity index (χ0) is 19.3. The number of nitrogens with zero attached hydrogens (tertiary/aromatic N) is 5. The van der Waals surface area contributed by atoms with Crippen LogP contribution in [0.5, 0.6) is 11.6 Å². The van der Waals surface area contributed by atoms with Crippen molar-refractivity contribution in [3.05, 3.63) is 79.0 Å². The predicted octanol–water partition coefficient (Wildman–Crippen LogP) is 2.68. The Morgan fingerprint density at radius 1 is 1.07 bits per heavy atom. The molecule has 3 N–H and O–H groups in total. The normalized spacial score (nSPS) is 10.4. The lowest BCUT2D eigenvalue weighted by molar-refractivity contribution is 0.102. The van der Waals surface area contributed by atoms with Gasteiger partial charge in [0.15, 0.2) is 0 Å². The maximum absolute atomic E-state index is 12.6. The molecular formula is C19H15N7O2. The quantitative estimate of drug-likeness (QED) is 0.551. The molecule has 0 spiro atoms. The number of anilines is 2. The zero-order valence-corrected chi connectivity index (χ0v) is 14.6. The lowest BCUT2D eigenvalue weighted by atomic mass is 10.2. The number of para-hydroxylation sites is 1. The van der Waals surface area contributed by atoms with Crippen LogP contribution in [0.3, 0.4) is 0 Å². The largest absolute Gasteiger partial charge is 0.438 e. The first-order valence-electron chi connectivity index (χ1n) is 8.31. The number of rotatable bonds is 5. The van der Waals surface area contributed by atoms with Gasteiger partial charge in [-0.05, 0) is 36.4 Å². The van der Waals surface area contributed by atoms with Crippen LogP contribution in [0, 0.1) is 0 Å². The molecule has 2 aromatic heterocycles. The van der Waals surface area contributed by atoms with E-state index in [9.17, 15) is 4.79 Å². The van der Waals surface area contributed by atoms with Gasteiger partial charge in [-0.2, -0.15) is 10.1 Å². The first-order valence-corrected chi connectivity index (χ1v) is 8.31. The van der Waals surface area contributed by atoms with Gasteiger partial charge in [-0.25, -0.2) is 14.6 Å². The summed E-state index contributed by atoms with van der Waals surface area (Å²) in [5, 5.41) is 6.84. The van der Waals surface area contributed by atoms with Gasteiger partial charge in [0.25, 0.3) is 5.91 Å². The summed E-state index contributed by atoms with van der Waals surface area (Å²) in [7, 11) is 0. The van der Waals surface area contributed by atoms with Gasteiger partial charge in [-0.15, -0.1) is 0 Å². The number of amides is 1. The van der Waals surface area contributed by atoms with Crippen LogP contribution in [0.2, 0.25) is 0 Å². The summed E-state index contributed by atoms with van der Waals surface area (Å²) in [6.45, 7) is 0. The van der Waals surface area contributed by atoms with E-state index in [1.807, 2.05) is 18.2 Å². The fourth-order valence-corrected chi connectivity index (χ4v) is 2.45. The van der Waals surface area contributed by atoms with Crippen LogP contribution < -0.4 is 15.8 Å². The van der Waals surface area contributed by atoms with Gasteiger partial charge in [0.2, 0.25) is 11.8 Å². The van der Waals surface area contributed by atoms with Crippen molar-refractivity contribution in [1.82, 2.24) is 24.7 Å². The van der Waals surface area contributed by atoms with Crippen molar-refractivity contribution in [2.75, 3.05) is 11.1 Å². The van der Waals surface area contributed by atoms with Gasteiger partial charge in [-0.3, -0.25) is 4.79 Å². The second-order valence-electron chi connectivity index (χ2n) is 5.70. The zero-order valence-electron chi connectivity index (χ0n) is 14.6. The third kappa shape index (κ3) is 3.78. The van der Waals surface area contributed by atoms with E-state index in [1.54, 1.807) is 47.4 Å². The van der Waals surface area contributed by atoms with Gasteiger partial charge in [0, 0.05) is 11.9 Å². The first kappa shape index (κ1) is 17.2. The summed E-state index contributed by atoms with van der Waals surface area (Å²) in [6.07, 6.45) is 4.37. The van der Waals surface area contributed by atoms with Crippen LogP contribution >= 0.6 is 0 Å². The topological polar surface area (TPSA) is 121 Å². The maximum Gasteiger partial charge on any atom is 0.262 e. The van der Waals surface area contributed by atoms with E-state index in [0.29, 0.717) is 11.4 Å². The minimum atomic E-state index is -0.402. The Morgan fingerprint density at radius 2 is 1.86 bits per heavy atom. The molecule has 0 aliphatic heterocycles. The van der Waals surface area contributed by atoms with E-state index in [4.69, 9.17) is 10.5 Å². The second kappa shape index (κ2) is 7.54. The number of nitrogens with one attached hydrogen (secondary N) is 1. The Hall–Kier alpha value is -4.27. The third-order valence-electron chi connectivity index (χ3n) is 3.78. The molecule has 1 amide bonds. The van der Waals surface area contributed by atoms with Crippen molar-refractivity contribution < 1.29 is 9.53 Å². The minimum Gasteiger partial charge on any atom is -0.438 e. The molecule has 0 bridgehead atoms. The van der Waals surface area contributed by atoms with Crippen molar-refractivity contribution in [2.24, 2.45) is 0 Å². The molecule has 28 heavy (non-hydrogen) atoms. The van der Waals surface area contributed by atoms with E-state index >= 15 is 0 Å². The molecule has 0 aliphatic rings. The fraction of sp³-hybridized carbons (Fsp3) is 0. The van der Waals surface area contributed by atoms with Crippen molar-refractivity contribution in [3.63, 3.8) is 0 Å². The summed E-state index contributed by atoms with van der Waals surface area (Å²) in [5.74, 6) is 0.149. The predicted molar refractivity (Wildman–Crippen MR) is 102 cm³/mol. The fourth-order valence-electron chi connectivity index (χ4n) is 2.45. The van der Waals surface area contributed by atoms with Gasteiger partial charge >= 0.3 is 0 Å². The van der Waals surface area contributed by atoms with Crippen molar-refractivity contribution in [2.45, 2.75) is 0 Å². The molecule has 0 saturated carbocycles. The molecule has 0 atom stereocenters. The van der Waals surface area contributed by atoms with Crippen LogP contribution in [0.4, 0.5) is 11.6 Å². The molecule has 0 aliphatic carbocycles. The summed E-state index contributed by atoms with van der Waals surface area (Å²) in [6, 6.07) is 16.1. The molecule has 2 heterocycles. The summed E-state index contributed by atoms with van der Waals surface area (Å²) < 4.78 is 7.40. The van der Waals surface area contributed by atoms with Gasteiger partial charge < -0.3 is 15.8 Å². The minimum absolute atomic E-state index is 0.00509. The van der Waals surface area contributed by atoms with E-state index in [1.165, 1.54) is 12.5 Å². The summed E-state index contributed by atoms with van der Waals surface area (Å²) in [5.41, 5.74) is 7.29. The van der Waals surface area contributed by atoms with Crippen LogP contribution in [-0.4, -0.2) is 30.6 Å². The molecule has 138 valence electrons. The molecular weight excluding hydrogens is 358 g/mol. The number of ether oxygens (including phenoxy) is 1. The summed E-state index contributed by atoms with van der Waals surface area (Å²) in [4.78, 5) is 24.5. The maximum atomic E-state index is 12.6. The van der Waals surface area contributed by atoms with E-state index in [0.717, 1.165) is 5.69 Å². The average Bonchev–Trinajstić information content (AvgIpc) is 3.24. The average molecular weight is 373 g/mol. The first-order chi connectivity index (χ1) is 13.7. The van der Waals surface area contributed by atoms with E-state index < -0.39 is 5.91 Å². The highest BCUT2D eigenvalue weighted by atomic mass is 16.5. The van der Waals surface area contributed by atoms with Crippen LogP contribution in [-0.2, 0) is 0 Å². The Labute approximate surface area is 159 Å². The lowest BCUT2D eigenvalue weighted by Gasteiger charge is -2.11. The molecule has 0 unspecified atom stereocenters. The van der Waals surface area contributed by atoms with Gasteiger partial charge in [0.1, 0.15) is 24.0 Å². The number of benzene rings is 2. The molecule has 4 rings (SSSR count). The Balaban J connectivity index is 1.57. The number of nitrogen functional groups attached to an aromatic ring is 1. The Morgan fingerprint density at radius 3 is 2.57 bits per heavy atom. The number of carbonyl (C=O) groups excluding carboxylic acids is 1. The molecule has 9 nitrogen and oxygen atoms in total. The van der Waals surface area contributed by atoms with Crippen LogP contribution in [0.15, 0.2) is 73.4 Å². The molecule has 0 radical (unpaired) electrons. The van der Waals surface area contributed by atoms with Crippen molar-refractivity contribution in [1.29, 1.82) is 0 Å². The number of aromatic nitrogens is 5. The van der Waals surface area contributed by atoms with Crippen molar-refractivity contribution >= 4 is 17.5 Å². The monoisotopic (exact) mass is 373 g/mol. The molecule has 9 heteroatoms. The van der Waals surface area contributed by atoms with Gasteiger partial charge in [-0.1, -0.05) is 18.2 Å². The second-order valence-corrected chi connectivity index (χ2v) is 5.70. The summed E-state index contributed by atoms with van der Waals surface area (Å²) >= 11 is 0. The number of hydrogen-bond acceptors (Lipinski definition) is 7. The standard InChI is InChI=1S/C19H15N7O2/c20-19-22-10-16(17(27)24-13-4-2-1-3-5-13)18(25-19)28-15-8-6-14(7-9-15)26-12-21-11-23-26/h1-12H,(H,24,27)(H2,20,22,25). The highest BCUT2D eigenvalue weighted by molar-refractivity contribution is 6.05. The molecule has 0 saturated heterocycles. The van der Waals surface area contributed by atoms with Gasteiger partial charge in [0.05, 0.1) is 5.69 Å². The number of nitrogens with two attached hydrogens (primary N) is 1. The Bertz CT molecular complexity index is 1080. The van der Waals surface area contributed by atoms with E-state index in [-0.39, 0.29) is 17.4 Å². The smallest absolute Gasteiger partial charge is 0.262 e. The third-order valence-corrected chi connectivity index (χ3v) is 3.78. The van der Waals surface area contributed by atoms with E-state index in [2.05, 4.69) is 25.4 Å². The highest BCUT2D eigenvalue weighted by Crippen LogP contribution is 2.25. The van der Waals surface area contributed by atoms with Crippen molar-refractivity contribution in [3.8, 4) is 17.3 Å². The lowest BCUT2D eigenvalue weighted by Crippen LogP contribution is -2.15. The van der Waals surface area contributed by atoms with Crippen LogP contribution in [0.25, 0.3) is 5.69 Å². The highest BCUT2D eigenvalue weighted by Gasteiger charge is 2.17.